The summed E-state index contributed by atoms with van der Waals surface area (Å²) in [4.78, 5) is 26.0. The van der Waals surface area contributed by atoms with E-state index in [2.05, 4.69) is 12.2 Å². The maximum Gasteiger partial charge on any atom is 0.336 e. The van der Waals surface area contributed by atoms with E-state index in [-0.39, 0.29) is 24.8 Å². The molecule has 2 N–H and O–H groups in total. The highest BCUT2D eigenvalue weighted by Crippen LogP contribution is 2.25. The number of urea groups is 1. The Bertz CT molecular complexity index is 934. The number of carbonyl (C=O) groups is 2. The van der Waals surface area contributed by atoms with Crippen molar-refractivity contribution in [3.63, 3.8) is 0 Å². The molecule has 2 atom stereocenters. The van der Waals surface area contributed by atoms with Gasteiger partial charge in [0.15, 0.2) is 0 Å². The maximum atomic E-state index is 12.7. The Labute approximate surface area is 202 Å². The lowest BCUT2D eigenvalue weighted by molar-refractivity contribution is -0.0522. The van der Waals surface area contributed by atoms with Crippen LogP contribution in [0.5, 0.6) is 0 Å². The molecule has 0 aromatic heterocycles. The number of nitrogens with one attached hydrogen (secondary N) is 1. The Hall–Kier alpha value is -2.90. The van der Waals surface area contributed by atoms with Crippen molar-refractivity contribution in [3.8, 4) is 0 Å². The maximum absolute atomic E-state index is 12.7. The summed E-state index contributed by atoms with van der Waals surface area (Å²) in [5, 5.41) is 12.5. The molecular formula is C27H36N2O5. The van der Waals surface area contributed by atoms with E-state index in [9.17, 15) is 14.7 Å². The van der Waals surface area contributed by atoms with Crippen LogP contribution in [-0.4, -0.2) is 53.9 Å². The molecule has 2 amide bonds. The Morgan fingerprint density at radius 3 is 2.47 bits per heavy atom. The van der Waals surface area contributed by atoms with Crippen molar-refractivity contribution in [3.05, 3.63) is 65.2 Å². The molecule has 2 aromatic carbocycles. The molecule has 1 aliphatic rings. The zero-order valence-electron chi connectivity index (χ0n) is 20.2. The van der Waals surface area contributed by atoms with Crippen LogP contribution in [0.15, 0.2) is 48.5 Å². The van der Waals surface area contributed by atoms with Gasteiger partial charge in [-0.05, 0) is 62.3 Å². The van der Waals surface area contributed by atoms with Gasteiger partial charge in [-0.15, -0.1) is 0 Å². The number of rotatable bonds is 11. The van der Waals surface area contributed by atoms with Crippen molar-refractivity contribution in [1.29, 1.82) is 0 Å². The number of carboxylic acids is 1. The monoisotopic (exact) mass is 468 g/mol. The summed E-state index contributed by atoms with van der Waals surface area (Å²) < 4.78 is 12.2. The first-order valence-corrected chi connectivity index (χ1v) is 12.1. The minimum atomic E-state index is -0.922. The predicted octanol–water partition coefficient (Wildman–Crippen LogP) is 5.48. The van der Waals surface area contributed by atoms with Crippen LogP contribution in [0.4, 0.5) is 10.5 Å². The van der Waals surface area contributed by atoms with E-state index in [0.717, 1.165) is 43.4 Å². The molecule has 7 heteroatoms. The van der Waals surface area contributed by atoms with Crippen molar-refractivity contribution in [2.45, 2.75) is 64.8 Å². The molecular weight excluding hydrogens is 432 g/mol. The molecule has 0 saturated heterocycles. The van der Waals surface area contributed by atoms with E-state index in [1.165, 1.54) is 0 Å². The number of ether oxygens (including phenoxy) is 2. The lowest BCUT2D eigenvalue weighted by atomic mass is 9.94. The van der Waals surface area contributed by atoms with Crippen molar-refractivity contribution in [2.24, 2.45) is 0 Å². The van der Waals surface area contributed by atoms with Gasteiger partial charge in [0.2, 0.25) is 0 Å². The van der Waals surface area contributed by atoms with Crippen LogP contribution in [0, 0.1) is 6.92 Å². The zero-order chi connectivity index (χ0) is 24.3. The second kappa shape index (κ2) is 13.1. The smallest absolute Gasteiger partial charge is 0.336 e. The van der Waals surface area contributed by atoms with E-state index < -0.39 is 5.97 Å². The topological polar surface area (TPSA) is 88.1 Å². The van der Waals surface area contributed by atoms with E-state index in [1.54, 1.807) is 17.9 Å². The van der Waals surface area contributed by atoms with Gasteiger partial charge in [0.1, 0.15) is 0 Å². The molecule has 1 fully saturated rings. The number of hydrogen-bond donors (Lipinski definition) is 2. The van der Waals surface area contributed by atoms with E-state index >= 15 is 0 Å². The third kappa shape index (κ3) is 7.57. The van der Waals surface area contributed by atoms with E-state index in [4.69, 9.17) is 9.47 Å². The van der Waals surface area contributed by atoms with Crippen molar-refractivity contribution < 1.29 is 24.2 Å². The molecule has 184 valence electrons. The summed E-state index contributed by atoms with van der Waals surface area (Å²) in [6.07, 6.45) is 4.67. The van der Waals surface area contributed by atoms with Crippen LogP contribution in [0.3, 0.4) is 0 Å². The summed E-state index contributed by atoms with van der Waals surface area (Å²) in [5.74, 6) is -0.922. The normalized spacial score (nSPS) is 17.8. The number of carboxylic acid groups (broad SMARTS) is 1. The third-order valence-corrected chi connectivity index (χ3v) is 6.15. The number of para-hydroxylation sites is 1. The molecule has 34 heavy (non-hydrogen) atoms. The third-order valence-electron chi connectivity index (χ3n) is 6.15. The fourth-order valence-electron chi connectivity index (χ4n) is 4.41. The van der Waals surface area contributed by atoms with Crippen LogP contribution in [-0.2, 0) is 16.1 Å². The molecule has 2 aromatic rings. The van der Waals surface area contributed by atoms with Crippen molar-refractivity contribution in [1.82, 2.24) is 4.90 Å². The number of nitrogens with zero attached hydrogens (tertiary/aromatic N) is 1. The molecule has 0 radical (unpaired) electrons. The van der Waals surface area contributed by atoms with Gasteiger partial charge in [-0.25, -0.2) is 9.59 Å². The minimum Gasteiger partial charge on any atom is -0.478 e. The van der Waals surface area contributed by atoms with Crippen molar-refractivity contribution >= 4 is 17.7 Å². The first-order valence-electron chi connectivity index (χ1n) is 12.1. The van der Waals surface area contributed by atoms with Gasteiger partial charge in [0.25, 0.3) is 0 Å². The molecule has 1 aliphatic carbocycles. The molecule has 3 rings (SSSR count). The summed E-state index contributed by atoms with van der Waals surface area (Å²) in [5.41, 5.74) is 2.55. The van der Waals surface area contributed by atoms with Gasteiger partial charge in [-0.2, -0.15) is 0 Å². The summed E-state index contributed by atoms with van der Waals surface area (Å²) in [6, 6.07) is 14.8. The average Bonchev–Trinajstić information content (AvgIpc) is 2.83. The van der Waals surface area contributed by atoms with Crippen LogP contribution >= 0.6 is 0 Å². The van der Waals surface area contributed by atoms with E-state index in [1.807, 2.05) is 42.5 Å². The van der Waals surface area contributed by atoms with Crippen LogP contribution in [0.1, 0.15) is 60.5 Å². The number of carbonyl (C=O) groups excluding carboxylic acids is 1. The largest absolute Gasteiger partial charge is 0.478 e. The Kier molecular flexibility index (Phi) is 9.91. The number of hydrogen-bond acceptors (Lipinski definition) is 4. The number of benzene rings is 2. The van der Waals surface area contributed by atoms with Crippen LogP contribution < -0.4 is 5.32 Å². The van der Waals surface area contributed by atoms with E-state index in [0.29, 0.717) is 30.8 Å². The quantitative estimate of drug-likeness (QED) is 0.456. The van der Waals surface area contributed by atoms with Crippen LogP contribution in [0.25, 0.3) is 0 Å². The lowest BCUT2D eigenvalue weighted by Gasteiger charge is -2.30. The van der Waals surface area contributed by atoms with Crippen LogP contribution in [0.2, 0.25) is 0 Å². The highest BCUT2D eigenvalue weighted by Gasteiger charge is 2.24. The number of aromatic carboxylic acids is 1. The second-order valence-corrected chi connectivity index (χ2v) is 8.79. The molecule has 7 nitrogen and oxygen atoms in total. The molecule has 0 aliphatic heterocycles. The zero-order valence-corrected chi connectivity index (χ0v) is 20.2. The highest BCUT2D eigenvalue weighted by molar-refractivity contribution is 5.91. The molecule has 0 bridgehead atoms. The first-order chi connectivity index (χ1) is 16.5. The minimum absolute atomic E-state index is 0.0361. The van der Waals surface area contributed by atoms with Gasteiger partial charge in [0.05, 0.1) is 31.0 Å². The molecule has 2 unspecified atom stereocenters. The summed E-state index contributed by atoms with van der Waals surface area (Å²) in [6.45, 7) is 5.81. The molecule has 0 heterocycles. The van der Waals surface area contributed by atoms with Gasteiger partial charge in [-0.3, -0.25) is 0 Å². The fourth-order valence-corrected chi connectivity index (χ4v) is 4.41. The SMILES string of the molecule is CCCN(CCOC1CCCC(OCc2cccc(C)c2C(=O)O)C1)C(=O)Nc1ccccc1. The number of anilines is 1. The highest BCUT2D eigenvalue weighted by atomic mass is 16.5. The Morgan fingerprint density at radius 2 is 1.76 bits per heavy atom. The Morgan fingerprint density at radius 1 is 1.03 bits per heavy atom. The second-order valence-electron chi connectivity index (χ2n) is 8.79. The van der Waals surface area contributed by atoms with Crippen molar-refractivity contribution in [2.75, 3.05) is 25.0 Å². The first kappa shape index (κ1) is 25.7. The van der Waals surface area contributed by atoms with Gasteiger partial charge in [0, 0.05) is 18.8 Å². The predicted molar refractivity (Wildman–Crippen MR) is 132 cm³/mol. The summed E-state index contributed by atoms with van der Waals surface area (Å²) >= 11 is 0. The lowest BCUT2D eigenvalue weighted by Crippen LogP contribution is -2.39. The molecule has 1 saturated carbocycles. The molecule has 0 spiro atoms. The number of aryl methyl sites for hydroxylation is 1. The van der Waals surface area contributed by atoms with Gasteiger partial charge >= 0.3 is 12.0 Å². The summed E-state index contributed by atoms with van der Waals surface area (Å²) in [7, 11) is 0. The standard InChI is InChI=1S/C27H36N2O5/c1-3-15-29(27(32)28-22-11-5-4-6-12-22)16-17-33-23-13-8-14-24(18-23)34-19-21-10-7-9-20(2)25(21)26(30)31/h4-7,9-12,23-24H,3,8,13-19H2,1-2H3,(H,28,32)(H,30,31). The number of amides is 2. The van der Waals surface area contributed by atoms with Gasteiger partial charge in [-0.1, -0.05) is 43.3 Å². The average molecular weight is 469 g/mol. The Balaban J connectivity index is 1.46. The fraction of sp³-hybridized carbons (Fsp3) is 0.481. The van der Waals surface area contributed by atoms with Gasteiger partial charge < -0.3 is 24.8 Å².